The molecule has 4 heteroatoms. The molecule has 4 nitrogen and oxygen atoms in total. The summed E-state index contributed by atoms with van der Waals surface area (Å²) >= 11 is 0. The van der Waals surface area contributed by atoms with Crippen LogP contribution in [0.15, 0.2) is 24.3 Å². The predicted octanol–water partition coefficient (Wildman–Crippen LogP) is 1.54. The Bertz CT molecular complexity index is 433. The zero-order chi connectivity index (χ0) is 13.1. The molecule has 18 heavy (non-hydrogen) atoms. The molecule has 1 aromatic rings. The summed E-state index contributed by atoms with van der Waals surface area (Å²) < 4.78 is 0. The normalized spacial score (nSPS) is 21.8. The van der Waals surface area contributed by atoms with Gasteiger partial charge < -0.3 is 11.1 Å². The fraction of sp³-hybridized carbons (Fsp3) is 0.500. The highest BCUT2D eigenvalue weighted by molar-refractivity contribution is 5.81. The minimum Gasteiger partial charge on any atom is -0.399 e. The molecule has 2 unspecified atom stereocenters. The number of nitrogens with one attached hydrogen (secondary N) is 1. The average molecular weight is 247 g/mol. The van der Waals surface area contributed by atoms with Crippen molar-refractivity contribution in [2.45, 2.75) is 31.8 Å². The number of amides is 1. The van der Waals surface area contributed by atoms with Crippen molar-refractivity contribution >= 4 is 11.6 Å². The van der Waals surface area contributed by atoms with Gasteiger partial charge in [-0.15, -0.1) is 0 Å². The molecule has 3 N–H and O–H groups in total. The lowest BCUT2D eigenvalue weighted by atomic mass is 10.0. The lowest BCUT2D eigenvalue weighted by Gasteiger charge is -2.30. The van der Waals surface area contributed by atoms with Crippen LogP contribution in [0.1, 0.15) is 31.4 Å². The van der Waals surface area contributed by atoms with Crippen LogP contribution in [0.4, 0.5) is 5.69 Å². The highest BCUT2D eigenvalue weighted by Gasteiger charge is 2.33. The molecule has 0 aromatic heterocycles. The number of rotatable bonds is 3. The third kappa shape index (κ3) is 2.48. The molecule has 1 aliphatic rings. The molecular weight excluding hydrogens is 226 g/mol. The molecule has 1 amide bonds. The first-order valence-electron chi connectivity index (χ1n) is 6.46. The quantitative estimate of drug-likeness (QED) is 0.797. The van der Waals surface area contributed by atoms with Gasteiger partial charge in [-0.25, -0.2) is 0 Å². The van der Waals surface area contributed by atoms with Crippen LogP contribution >= 0.6 is 0 Å². The lowest BCUT2D eigenvalue weighted by Crippen LogP contribution is -2.42. The third-order valence-corrected chi connectivity index (χ3v) is 3.73. The maximum atomic E-state index is 11.8. The first kappa shape index (κ1) is 12.9. The molecule has 0 saturated carbocycles. The summed E-state index contributed by atoms with van der Waals surface area (Å²) in [5.41, 5.74) is 7.76. The number of likely N-dealkylation sites (tertiary alicyclic amines) is 1. The second-order valence-corrected chi connectivity index (χ2v) is 4.86. The van der Waals surface area contributed by atoms with Crippen LogP contribution in [-0.2, 0) is 4.79 Å². The first-order chi connectivity index (χ1) is 8.63. The molecule has 2 rings (SSSR count). The standard InChI is InChI=1S/C14H21N3O/c1-10(11-5-3-6-12(15)9-11)17-8-4-7-13(17)14(18)16-2/h3,5-6,9-10,13H,4,7-8,15H2,1-2H3,(H,16,18). The molecule has 98 valence electrons. The summed E-state index contributed by atoms with van der Waals surface area (Å²) in [7, 11) is 1.70. The van der Waals surface area contributed by atoms with Crippen molar-refractivity contribution in [2.24, 2.45) is 0 Å². The zero-order valence-electron chi connectivity index (χ0n) is 11.0. The van der Waals surface area contributed by atoms with Gasteiger partial charge in [0.1, 0.15) is 0 Å². The number of nitrogen functional groups attached to an aromatic ring is 1. The van der Waals surface area contributed by atoms with Crippen LogP contribution in [0.3, 0.4) is 0 Å². The minimum atomic E-state index is -0.00793. The van der Waals surface area contributed by atoms with E-state index in [9.17, 15) is 4.79 Å². The van der Waals surface area contributed by atoms with Crippen LogP contribution in [0.2, 0.25) is 0 Å². The zero-order valence-corrected chi connectivity index (χ0v) is 11.0. The largest absolute Gasteiger partial charge is 0.399 e. The van der Waals surface area contributed by atoms with Crippen molar-refractivity contribution < 1.29 is 4.79 Å². The summed E-state index contributed by atoms with van der Waals surface area (Å²) in [5.74, 6) is 0.114. The number of anilines is 1. The molecule has 1 fully saturated rings. The number of nitrogens with zero attached hydrogens (tertiary/aromatic N) is 1. The van der Waals surface area contributed by atoms with Gasteiger partial charge in [0, 0.05) is 18.8 Å². The topological polar surface area (TPSA) is 58.4 Å². The van der Waals surface area contributed by atoms with Crippen molar-refractivity contribution in [3.05, 3.63) is 29.8 Å². The Hall–Kier alpha value is -1.55. The van der Waals surface area contributed by atoms with Gasteiger partial charge in [0.2, 0.25) is 5.91 Å². The van der Waals surface area contributed by atoms with Crippen molar-refractivity contribution in [1.29, 1.82) is 0 Å². The second-order valence-electron chi connectivity index (χ2n) is 4.86. The fourth-order valence-electron chi connectivity index (χ4n) is 2.71. The Balaban J connectivity index is 2.17. The number of hydrogen-bond donors (Lipinski definition) is 2. The summed E-state index contributed by atoms with van der Waals surface area (Å²) in [6.07, 6.45) is 2.01. The molecular formula is C14H21N3O. The fourth-order valence-corrected chi connectivity index (χ4v) is 2.71. The van der Waals surface area contributed by atoms with Crippen LogP contribution in [0, 0.1) is 0 Å². The maximum absolute atomic E-state index is 11.8. The Morgan fingerprint density at radius 3 is 3.00 bits per heavy atom. The first-order valence-corrected chi connectivity index (χ1v) is 6.46. The van der Waals surface area contributed by atoms with E-state index in [1.807, 2.05) is 18.2 Å². The van der Waals surface area contributed by atoms with Crippen LogP contribution in [0.25, 0.3) is 0 Å². The van der Waals surface area contributed by atoms with E-state index in [2.05, 4.69) is 23.2 Å². The Kier molecular flexibility index (Phi) is 3.87. The number of benzene rings is 1. The minimum absolute atomic E-state index is 0.00793. The third-order valence-electron chi connectivity index (χ3n) is 3.73. The van der Waals surface area contributed by atoms with Gasteiger partial charge in [0.15, 0.2) is 0 Å². The highest BCUT2D eigenvalue weighted by atomic mass is 16.2. The van der Waals surface area contributed by atoms with E-state index in [1.54, 1.807) is 7.05 Å². The molecule has 2 atom stereocenters. The van der Waals surface area contributed by atoms with E-state index in [0.717, 1.165) is 25.1 Å². The van der Waals surface area contributed by atoms with Gasteiger partial charge in [0.25, 0.3) is 0 Å². The van der Waals surface area contributed by atoms with E-state index in [0.29, 0.717) is 0 Å². The van der Waals surface area contributed by atoms with Gasteiger partial charge in [-0.05, 0) is 44.0 Å². The lowest BCUT2D eigenvalue weighted by molar-refractivity contribution is -0.125. The number of hydrogen-bond acceptors (Lipinski definition) is 3. The second kappa shape index (κ2) is 5.40. The van der Waals surface area contributed by atoms with Gasteiger partial charge >= 0.3 is 0 Å². The van der Waals surface area contributed by atoms with Gasteiger partial charge in [-0.1, -0.05) is 12.1 Å². The van der Waals surface area contributed by atoms with E-state index in [-0.39, 0.29) is 18.0 Å². The Morgan fingerprint density at radius 2 is 2.33 bits per heavy atom. The number of carbonyl (C=O) groups excluding carboxylic acids is 1. The SMILES string of the molecule is CNC(=O)C1CCCN1C(C)c1cccc(N)c1. The van der Waals surface area contributed by atoms with Crippen LogP contribution in [-0.4, -0.2) is 30.4 Å². The molecule has 1 aromatic carbocycles. The summed E-state index contributed by atoms with van der Waals surface area (Å²) in [5, 5.41) is 2.75. The molecule has 0 radical (unpaired) electrons. The molecule has 1 saturated heterocycles. The molecule has 0 bridgehead atoms. The van der Waals surface area contributed by atoms with Gasteiger partial charge in [0.05, 0.1) is 6.04 Å². The van der Waals surface area contributed by atoms with E-state index < -0.39 is 0 Å². The Morgan fingerprint density at radius 1 is 1.56 bits per heavy atom. The van der Waals surface area contributed by atoms with Crippen LogP contribution in [0.5, 0.6) is 0 Å². The summed E-state index contributed by atoms with van der Waals surface area (Å²) in [6.45, 7) is 3.10. The van der Waals surface area contributed by atoms with Gasteiger partial charge in [-0.2, -0.15) is 0 Å². The predicted molar refractivity (Wildman–Crippen MR) is 73.1 cm³/mol. The summed E-state index contributed by atoms with van der Waals surface area (Å²) in [4.78, 5) is 14.1. The maximum Gasteiger partial charge on any atom is 0.237 e. The van der Waals surface area contributed by atoms with E-state index in [4.69, 9.17) is 5.73 Å². The number of carbonyl (C=O) groups is 1. The molecule has 1 aliphatic heterocycles. The molecule has 0 spiro atoms. The average Bonchev–Trinajstić information content (AvgIpc) is 2.86. The number of nitrogens with two attached hydrogens (primary N) is 1. The smallest absolute Gasteiger partial charge is 0.237 e. The Labute approximate surface area is 108 Å². The monoisotopic (exact) mass is 247 g/mol. The van der Waals surface area contributed by atoms with E-state index in [1.165, 1.54) is 5.56 Å². The van der Waals surface area contributed by atoms with Crippen molar-refractivity contribution in [3.63, 3.8) is 0 Å². The molecule has 1 heterocycles. The van der Waals surface area contributed by atoms with Crippen molar-refractivity contribution in [2.75, 3.05) is 19.3 Å². The van der Waals surface area contributed by atoms with Gasteiger partial charge in [-0.3, -0.25) is 9.69 Å². The van der Waals surface area contributed by atoms with Crippen molar-refractivity contribution in [3.8, 4) is 0 Å². The summed E-state index contributed by atoms with van der Waals surface area (Å²) in [6, 6.07) is 8.12. The highest BCUT2D eigenvalue weighted by Crippen LogP contribution is 2.29. The van der Waals surface area contributed by atoms with E-state index >= 15 is 0 Å². The van der Waals surface area contributed by atoms with Crippen molar-refractivity contribution in [1.82, 2.24) is 10.2 Å². The van der Waals surface area contributed by atoms with Crippen LogP contribution < -0.4 is 11.1 Å². The number of likely N-dealkylation sites (N-methyl/N-ethyl adjacent to an activating group) is 1. The molecule has 0 aliphatic carbocycles.